The van der Waals surface area contributed by atoms with Crippen molar-refractivity contribution in [2.24, 2.45) is 0 Å². The van der Waals surface area contributed by atoms with Gasteiger partial charge >= 0.3 is 7.80 Å². The molecule has 0 aromatic carbocycles. The van der Waals surface area contributed by atoms with E-state index in [4.69, 9.17) is 0 Å². The van der Waals surface area contributed by atoms with Crippen molar-refractivity contribution >= 4 is 29.4 Å². The fourth-order valence-corrected chi connectivity index (χ4v) is 6.45. The summed E-state index contributed by atoms with van der Waals surface area (Å²) in [6, 6.07) is 0. The molecule has 0 aromatic rings. The maximum atomic E-state index is 11.7. The third kappa shape index (κ3) is 11.5. The highest BCUT2D eigenvalue weighted by Crippen LogP contribution is 2.20. The van der Waals surface area contributed by atoms with Crippen molar-refractivity contribution in [1.29, 1.82) is 0 Å². The van der Waals surface area contributed by atoms with Crippen LogP contribution < -0.4 is 0 Å². The molecule has 0 amide bonds. The standard InChI is InChI=1S/C12H26O3PS2/c1-3-5-9-17(14)11-7-16(13)8-12-18(15)10-6-4-2/h3-12H2,1-2H3/q+1. The molecular weight excluding hydrogens is 287 g/mol. The van der Waals surface area contributed by atoms with Gasteiger partial charge in [-0.2, -0.15) is 0 Å². The fourth-order valence-electron chi connectivity index (χ4n) is 1.33. The number of hydrogen-bond acceptors (Lipinski definition) is 3. The van der Waals surface area contributed by atoms with Crippen LogP contribution >= 0.6 is 7.80 Å². The van der Waals surface area contributed by atoms with Gasteiger partial charge in [0.15, 0.2) is 12.3 Å². The van der Waals surface area contributed by atoms with E-state index in [9.17, 15) is 13.0 Å². The summed E-state index contributed by atoms with van der Waals surface area (Å²) in [6.07, 6.45) is 5.10. The molecule has 0 bridgehead atoms. The third-order valence-corrected chi connectivity index (χ3v) is 7.44. The van der Waals surface area contributed by atoms with Gasteiger partial charge in [0.25, 0.3) is 0 Å². The van der Waals surface area contributed by atoms with Gasteiger partial charge in [-0.15, -0.1) is 0 Å². The lowest BCUT2D eigenvalue weighted by atomic mass is 10.4. The van der Waals surface area contributed by atoms with Crippen LogP contribution in [0.25, 0.3) is 0 Å². The van der Waals surface area contributed by atoms with Gasteiger partial charge in [-0.05, 0) is 12.8 Å². The van der Waals surface area contributed by atoms with Crippen LogP contribution in [-0.4, -0.2) is 43.8 Å². The minimum atomic E-state index is -1.31. The molecule has 0 N–H and O–H groups in total. The van der Waals surface area contributed by atoms with Crippen LogP contribution in [0.1, 0.15) is 39.5 Å². The minimum Gasteiger partial charge on any atom is -0.259 e. The van der Waals surface area contributed by atoms with Crippen molar-refractivity contribution in [2.45, 2.75) is 39.5 Å². The molecule has 0 rings (SSSR count). The molecule has 0 saturated carbocycles. The molecule has 0 radical (unpaired) electrons. The number of unbranched alkanes of at least 4 members (excludes halogenated alkanes) is 2. The molecule has 0 saturated heterocycles. The second-order valence-electron chi connectivity index (χ2n) is 4.33. The predicted molar refractivity (Wildman–Crippen MR) is 82.9 cm³/mol. The van der Waals surface area contributed by atoms with Gasteiger partial charge in [-0.1, -0.05) is 31.3 Å². The van der Waals surface area contributed by atoms with E-state index in [1.165, 1.54) is 0 Å². The van der Waals surface area contributed by atoms with E-state index in [0.29, 0.717) is 23.8 Å². The Bertz CT molecular complexity index is 256. The number of hydrogen-bond donors (Lipinski definition) is 0. The van der Waals surface area contributed by atoms with Crippen LogP contribution in [-0.2, 0) is 26.2 Å². The van der Waals surface area contributed by atoms with Gasteiger partial charge in [0.1, 0.15) is 0 Å². The Balaban J connectivity index is 3.59. The highest BCUT2D eigenvalue weighted by atomic mass is 32.2. The van der Waals surface area contributed by atoms with Crippen LogP contribution in [0, 0.1) is 0 Å². The quantitative estimate of drug-likeness (QED) is 0.521. The van der Waals surface area contributed by atoms with Gasteiger partial charge < -0.3 is 0 Å². The highest BCUT2D eigenvalue weighted by Gasteiger charge is 2.17. The minimum absolute atomic E-state index is 0.524. The Hall–Kier alpha value is 0.400. The maximum Gasteiger partial charge on any atom is 0.340 e. The Morgan fingerprint density at radius 3 is 1.50 bits per heavy atom. The summed E-state index contributed by atoms with van der Waals surface area (Å²) in [5, 5.41) is 0. The summed E-state index contributed by atoms with van der Waals surface area (Å²) in [5.74, 6) is 2.53. The zero-order chi connectivity index (χ0) is 13.8. The van der Waals surface area contributed by atoms with E-state index in [1.807, 2.05) is 0 Å². The van der Waals surface area contributed by atoms with Crippen LogP contribution in [0.4, 0.5) is 0 Å². The van der Waals surface area contributed by atoms with Crippen LogP contribution in [0.5, 0.6) is 0 Å². The van der Waals surface area contributed by atoms with Gasteiger partial charge in [0, 0.05) is 33.1 Å². The van der Waals surface area contributed by atoms with Crippen molar-refractivity contribution in [3.05, 3.63) is 0 Å². The van der Waals surface area contributed by atoms with E-state index in [-0.39, 0.29) is 0 Å². The zero-order valence-electron chi connectivity index (χ0n) is 11.6. The first-order valence-electron chi connectivity index (χ1n) is 6.72. The largest absolute Gasteiger partial charge is 0.340 e. The normalized spacial score (nSPS) is 15.3. The summed E-state index contributed by atoms with van der Waals surface area (Å²) in [7, 11) is -2.95. The molecule has 108 valence electrons. The summed E-state index contributed by atoms with van der Waals surface area (Å²) in [5.41, 5.74) is 0. The Kier molecular flexibility index (Phi) is 12.7. The van der Waals surface area contributed by atoms with Crippen molar-refractivity contribution in [2.75, 3.05) is 35.3 Å². The predicted octanol–water partition coefficient (Wildman–Crippen LogP) is 2.91. The smallest absolute Gasteiger partial charge is 0.259 e. The van der Waals surface area contributed by atoms with E-state index in [0.717, 1.165) is 37.2 Å². The molecule has 0 aliphatic heterocycles. The summed E-state index contributed by atoms with van der Waals surface area (Å²) < 4.78 is 34.7. The van der Waals surface area contributed by atoms with Crippen LogP contribution in [0.3, 0.4) is 0 Å². The van der Waals surface area contributed by atoms with E-state index in [2.05, 4.69) is 13.8 Å². The SMILES string of the molecule is CCCCS(=O)CC[P+](=O)CCS(=O)CCCC. The lowest BCUT2D eigenvalue weighted by molar-refractivity contribution is 0.589. The molecule has 0 aromatic heterocycles. The molecule has 0 aliphatic carbocycles. The first kappa shape index (κ1) is 18.4. The van der Waals surface area contributed by atoms with Crippen molar-refractivity contribution in [3.8, 4) is 0 Å². The Labute approximate surface area is 117 Å². The first-order chi connectivity index (χ1) is 8.60. The fraction of sp³-hybridized carbons (Fsp3) is 1.00. The second kappa shape index (κ2) is 12.4. The number of rotatable bonds is 12. The topological polar surface area (TPSA) is 51.2 Å². The summed E-state index contributed by atoms with van der Waals surface area (Å²) >= 11 is 0. The molecule has 3 nitrogen and oxygen atoms in total. The van der Waals surface area contributed by atoms with Crippen LogP contribution in [0.2, 0.25) is 0 Å². The third-order valence-electron chi connectivity index (χ3n) is 2.59. The van der Waals surface area contributed by atoms with Crippen molar-refractivity contribution in [1.82, 2.24) is 0 Å². The average Bonchev–Trinajstić information content (AvgIpc) is 2.37. The van der Waals surface area contributed by atoms with Gasteiger partial charge in [-0.25, -0.2) is 0 Å². The van der Waals surface area contributed by atoms with Crippen molar-refractivity contribution in [3.63, 3.8) is 0 Å². The lowest BCUT2D eigenvalue weighted by Crippen LogP contribution is -2.08. The lowest BCUT2D eigenvalue weighted by Gasteiger charge is -1.97. The van der Waals surface area contributed by atoms with Gasteiger partial charge in [-0.3, -0.25) is 8.42 Å². The van der Waals surface area contributed by atoms with Crippen molar-refractivity contribution < 1.29 is 13.0 Å². The molecule has 0 heterocycles. The molecule has 2 atom stereocenters. The van der Waals surface area contributed by atoms with Crippen LogP contribution in [0.15, 0.2) is 0 Å². The zero-order valence-corrected chi connectivity index (χ0v) is 14.1. The Morgan fingerprint density at radius 2 is 1.17 bits per heavy atom. The first-order valence-corrected chi connectivity index (χ1v) is 11.3. The molecule has 6 heteroatoms. The molecular formula is C12H26O3PS2+. The Morgan fingerprint density at radius 1 is 0.778 bits per heavy atom. The monoisotopic (exact) mass is 313 g/mol. The molecule has 2 unspecified atom stereocenters. The van der Waals surface area contributed by atoms with E-state index in [1.54, 1.807) is 0 Å². The molecule has 18 heavy (non-hydrogen) atoms. The van der Waals surface area contributed by atoms with Gasteiger partial charge in [0.05, 0.1) is 11.5 Å². The molecule has 0 fully saturated rings. The second-order valence-corrected chi connectivity index (χ2v) is 9.58. The summed E-state index contributed by atoms with van der Waals surface area (Å²) in [4.78, 5) is 0. The molecule has 0 spiro atoms. The average molecular weight is 313 g/mol. The van der Waals surface area contributed by atoms with E-state index >= 15 is 0 Å². The highest BCUT2D eigenvalue weighted by molar-refractivity contribution is 7.85. The maximum absolute atomic E-state index is 11.7. The van der Waals surface area contributed by atoms with Gasteiger partial charge in [0.2, 0.25) is 0 Å². The van der Waals surface area contributed by atoms with E-state index < -0.39 is 29.4 Å². The molecule has 0 aliphatic rings. The summed E-state index contributed by atoms with van der Waals surface area (Å²) in [6.45, 7) is 4.15.